The molecule has 0 saturated heterocycles. The summed E-state index contributed by atoms with van der Waals surface area (Å²) in [7, 11) is 0. The molecule has 1 aromatic heterocycles. The molecule has 112 valence electrons. The molecule has 1 atom stereocenters. The second kappa shape index (κ2) is 6.48. The van der Waals surface area contributed by atoms with Crippen LogP contribution < -0.4 is 10.1 Å². The Balaban J connectivity index is 1.92. The molecule has 2 aromatic carbocycles. The van der Waals surface area contributed by atoms with Crippen molar-refractivity contribution in [3.63, 3.8) is 0 Å². The average molecular weight is 292 g/mol. The van der Waals surface area contributed by atoms with Crippen molar-refractivity contribution in [2.45, 2.75) is 19.9 Å². The molecule has 0 spiro atoms. The second-order valence-corrected chi connectivity index (χ2v) is 5.21. The topological polar surface area (TPSA) is 34.1 Å². The van der Waals surface area contributed by atoms with Gasteiger partial charge in [-0.1, -0.05) is 24.3 Å². The summed E-state index contributed by atoms with van der Waals surface area (Å²) in [6.07, 6.45) is 1.82. The molecule has 0 saturated carbocycles. The van der Waals surface area contributed by atoms with Gasteiger partial charge in [-0.05, 0) is 44.2 Å². The van der Waals surface area contributed by atoms with Gasteiger partial charge in [0.25, 0.3) is 0 Å². The number of para-hydroxylation sites is 1. The lowest BCUT2D eigenvalue weighted by molar-refractivity contribution is 0.335. The van der Waals surface area contributed by atoms with Crippen LogP contribution in [0.1, 0.15) is 25.5 Å². The predicted octanol–water partition coefficient (Wildman–Crippen LogP) is 4.81. The van der Waals surface area contributed by atoms with Crippen molar-refractivity contribution in [2.24, 2.45) is 0 Å². The van der Waals surface area contributed by atoms with E-state index >= 15 is 0 Å². The van der Waals surface area contributed by atoms with Crippen molar-refractivity contribution in [1.29, 1.82) is 0 Å². The minimum Gasteiger partial charge on any atom is -0.494 e. The molecule has 0 bridgehead atoms. The average Bonchev–Trinajstić information content (AvgIpc) is 2.56. The highest BCUT2D eigenvalue weighted by atomic mass is 16.5. The Morgan fingerprint density at radius 3 is 2.77 bits per heavy atom. The van der Waals surface area contributed by atoms with Gasteiger partial charge in [0.2, 0.25) is 0 Å². The molecule has 0 aliphatic heterocycles. The summed E-state index contributed by atoms with van der Waals surface area (Å²) in [5.41, 5.74) is 3.24. The van der Waals surface area contributed by atoms with Gasteiger partial charge < -0.3 is 10.1 Å². The molecular weight excluding hydrogens is 272 g/mol. The van der Waals surface area contributed by atoms with Gasteiger partial charge in [0.15, 0.2) is 0 Å². The fourth-order valence-electron chi connectivity index (χ4n) is 2.67. The number of pyridine rings is 1. The van der Waals surface area contributed by atoms with Crippen LogP contribution in [0.2, 0.25) is 0 Å². The van der Waals surface area contributed by atoms with Crippen LogP contribution in [0.25, 0.3) is 10.9 Å². The maximum Gasteiger partial charge on any atom is 0.124 e. The van der Waals surface area contributed by atoms with Crippen LogP contribution in [0.3, 0.4) is 0 Å². The van der Waals surface area contributed by atoms with E-state index in [1.165, 1.54) is 0 Å². The molecule has 3 nitrogen and oxygen atoms in total. The van der Waals surface area contributed by atoms with Gasteiger partial charge in [-0.2, -0.15) is 0 Å². The normalized spacial score (nSPS) is 12.1. The highest BCUT2D eigenvalue weighted by Gasteiger charge is 2.12. The van der Waals surface area contributed by atoms with E-state index < -0.39 is 0 Å². The fourth-order valence-corrected chi connectivity index (χ4v) is 2.67. The lowest BCUT2D eigenvalue weighted by Gasteiger charge is -2.20. The summed E-state index contributed by atoms with van der Waals surface area (Å²) < 4.78 is 5.73. The van der Waals surface area contributed by atoms with Crippen molar-refractivity contribution in [3.8, 4) is 5.75 Å². The third kappa shape index (κ3) is 2.89. The molecule has 3 aromatic rings. The Morgan fingerprint density at radius 2 is 1.91 bits per heavy atom. The molecule has 0 aliphatic carbocycles. The SMILES string of the molecule is CCOc1ccccc1C(C)Nc1cccc2ncccc12. The van der Waals surface area contributed by atoms with E-state index in [0.29, 0.717) is 6.61 Å². The Hall–Kier alpha value is -2.55. The van der Waals surface area contributed by atoms with Gasteiger partial charge in [-0.15, -0.1) is 0 Å². The van der Waals surface area contributed by atoms with Crippen LogP contribution in [0.15, 0.2) is 60.8 Å². The van der Waals surface area contributed by atoms with Gasteiger partial charge in [-0.25, -0.2) is 0 Å². The smallest absolute Gasteiger partial charge is 0.124 e. The van der Waals surface area contributed by atoms with Crippen molar-refractivity contribution in [3.05, 3.63) is 66.4 Å². The van der Waals surface area contributed by atoms with E-state index in [1.54, 1.807) is 0 Å². The summed E-state index contributed by atoms with van der Waals surface area (Å²) in [6.45, 7) is 4.82. The van der Waals surface area contributed by atoms with E-state index in [9.17, 15) is 0 Å². The monoisotopic (exact) mass is 292 g/mol. The van der Waals surface area contributed by atoms with Crippen molar-refractivity contribution in [2.75, 3.05) is 11.9 Å². The number of anilines is 1. The van der Waals surface area contributed by atoms with Crippen molar-refractivity contribution >= 4 is 16.6 Å². The largest absolute Gasteiger partial charge is 0.494 e. The first kappa shape index (κ1) is 14.4. The zero-order valence-electron chi connectivity index (χ0n) is 12.9. The minimum absolute atomic E-state index is 0.147. The maximum absolute atomic E-state index is 5.73. The first-order chi connectivity index (χ1) is 10.8. The number of rotatable bonds is 5. The second-order valence-electron chi connectivity index (χ2n) is 5.21. The Kier molecular flexibility index (Phi) is 4.24. The number of fused-ring (bicyclic) bond motifs is 1. The van der Waals surface area contributed by atoms with Gasteiger partial charge in [0.1, 0.15) is 5.75 Å². The number of nitrogens with zero attached hydrogens (tertiary/aromatic N) is 1. The van der Waals surface area contributed by atoms with Crippen LogP contribution in [-0.2, 0) is 0 Å². The number of aromatic nitrogens is 1. The molecule has 1 unspecified atom stereocenters. The van der Waals surface area contributed by atoms with E-state index in [-0.39, 0.29) is 6.04 Å². The van der Waals surface area contributed by atoms with E-state index in [1.807, 2.05) is 49.5 Å². The molecule has 1 N–H and O–H groups in total. The third-order valence-corrected chi connectivity index (χ3v) is 3.70. The summed E-state index contributed by atoms with van der Waals surface area (Å²) >= 11 is 0. The van der Waals surface area contributed by atoms with E-state index in [4.69, 9.17) is 4.74 Å². The summed E-state index contributed by atoms with van der Waals surface area (Å²) in [5.74, 6) is 0.934. The first-order valence-corrected chi connectivity index (χ1v) is 7.61. The Morgan fingerprint density at radius 1 is 1.05 bits per heavy atom. The molecule has 3 rings (SSSR count). The Bertz CT molecular complexity index is 765. The van der Waals surface area contributed by atoms with Gasteiger partial charge in [0.05, 0.1) is 18.2 Å². The zero-order valence-corrected chi connectivity index (χ0v) is 12.9. The van der Waals surface area contributed by atoms with Crippen LogP contribution in [-0.4, -0.2) is 11.6 Å². The van der Waals surface area contributed by atoms with E-state index in [2.05, 4.69) is 35.4 Å². The van der Waals surface area contributed by atoms with Gasteiger partial charge >= 0.3 is 0 Å². The Labute approximate surface area is 131 Å². The summed E-state index contributed by atoms with van der Waals surface area (Å²) in [5, 5.41) is 4.71. The van der Waals surface area contributed by atoms with Gasteiger partial charge in [0, 0.05) is 22.8 Å². The molecule has 0 aliphatic rings. The quantitative estimate of drug-likeness (QED) is 0.733. The fraction of sp³-hybridized carbons (Fsp3) is 0.211. The minimum atomic E-state index is 0.147. The van der Waals surface area contributed by atoms with Crippen LogP contribution in [0.5, 0.6) is 5.75 Å². The van der Waals surface area contributed by atoms with Crippen molar-refractivity contribution in [1.82, 2.24) is 4.98 Å². The van der Waals surface area contributed by atoms with Crippen LogP contribution in [0, 0.1) is 0 Å². The molecule has 0 radical (unpaired) electrons. The number of ether oxygens (including phenoxy) is 1. The lowest BCUT2D eigenvalue weighted by Crippen LogP contribution is -2.09. The molecule has 22 heavy (non-hydrogen) atoms. The molecule has 3 heteroatoms. The van der Waals surface area contributed by atoms with Crippen molar-refractivity contribution < 1.29 is 4.74 Å². The summed E-state index contributed by atoms with van der Waals surface area (Å²) in [4.78, 5) is 4.40. The summed E-state index contributed by atoms with van der Waals surface area (Å²) in [6, 6.07) is 18.5. The first-order valence-electron chi connectivity index (χ1n) is 7.61. The molecule has 0 amide bonds. The van der Waals surface area contributed by atoms with Gasteiger partial charge in [-0.3, -0.25) is 4.98 Å². The zero-order chi connectivity index (χ0) is 15.4. The highest BCUT2D eigenvalue weighted by Crippen LogP contribution is 2.30. The van der Waals surface area contributed by atoms with Crippen LogP contribution >= 0.6 is 0 Å². The lowest BCUT2D eigenvalue weighted by atomic mass is 10.1. The van der Waals surface area contributed by atoms with E-state index in [0.717, 1.165) is 27.9 Å². The number of hydrogen-bond acceptors (Lipinski definition) is 3. The standard InChI is InChI=1S/C19H20N2O/c1-3-22-19-12-5-4-8-15(19)14(2)21-18-11-6-10-17-16(18)9-7-13-20-17/h4-14,21H,3H2,1-2H3. The number of benzene rings is 2. The molecule has 0 fully saturated rings. The maximum atomic E-state index is 5.73. The molecular formula is C19H20N2O. The highest BCUT2D eigenvalue weighted by molar-refractivity contribution is 5.91. The number of hydrogen-bond donors (Lipinski definition) is 1. The third-order valence-electron chi connectivity index (χ3n) is 3.70. The number of nitrogens with one attached hydrogen (secondary N) is 1. The van der Waals surface area contributed by atoms with Crippen LogP contribution in [0.4, 0.5) is 5.69 Å². The predicted molar refractivity (Wildman–Crippen MR) is 91.4 cm³/mol. The molecule has 1 heterocycles.